The molecule has 3 nitrogen and oxygen atoms in total. The van der Waals surface area contributed by atoms with E-state index in [2.05, 4.69) is 21.2 Å². The second-order valence-electron chi connectivity index (χ2n) is 4.57. The molecule has 104 valence electrons. The summed E-state index contributed by atoms with van der Waals surface area (Å²) in [4.78, 5) is 12.2. The Kier molecular flexibility index (Phi) is 4.93. The fraction of sp³-hybridized carbons (Fsp3) is 0.188. The normalized spacial score (nSPS) is 10.3. The van der Waals surface area contributed by atoms with Gasteiger partial charge in [0.05, 0.1) is 12.3 Å². The summed E-state index contributed by atoms with van der Waals surface area (Å²) in [5.41, 5.74) is 3.49. The van der Waals surface area contributed by atoms with E-state index in [-0.39, 0.29) is 5.91 Å². The van der Waals surface area contributed by atoms with E-state index < -0.39 is 0 Å². The Morgan fingerprint density at radius 2 is 2.05 bits per heavy atom. The quantitative estimate of drug-likeness (QED) is 0.912. The number of hydrogen-bond donors (Lipinski definition) is 1. The largest absolute Gasteiger partial charge is 0.380 e. The number of carbonyl (C=O) groups is 1. The second kappa shape index (κ2) is 6.68. The number of hydrogen-bond acceptors (Lipinski definition) is 2. The molecule has 0 radical (unpaired) electrons. The van der Waals surface area contributed by atoms with E-state index in [1.165, 1.54) is 0 Å². The lowest BCUT2D eigenvalue weighted by Gasteiger charge is -2.09. The molecule has 1 N–H and O–H groups in total. The van der Waals surface area contributed by atoms with Crippen molar-refractivity contribution in [1.82, 2.24) is 0 Å². The highest BCUT2D eigenvalue weighted by Crippen LogP contribution is 2.24. The predicted molar refractivity (Wildman–Crippen MR) is 84.0 cm³/mol. The highest BCUT2D eigenvalue weighted by atomic mass is 79.9. The van der Waals surface area contributed by atoms with Gasteiger partial charge in [0, 0.05) is 17.1 Å². The van der Waals surface area contributed by atoms with Crippen LogP contribution in [0.3, 0.4) is 0 Å². The van der Waals surface area contributed by atoms with Gasteiger partial charge >= 0.3 is 0 Å². The van der Waals surface area contributed by atoms with Crippen LogP contribution in [0.2, 0.25) is 0 Å². The van der Waals surface area contributed by atoms with E-state index in [4.69, 9.17) is 4.74 Å². The molecule has 0 aliphatic heterocycles. The molecule has 0 bridgehead atoms. The second-order valence-corrected chi connectivity index (χ2v) is 5.43. The molecule has 1 amide bonds. The molecule has 20 heavy (non-hydrogen) atoms. The van der Waals surface area contributed by atoms with Crippen molar-refractivity contribution >= 4 is 27.5 Å². The van der Waals surface area contributed by atoms with E-state index in [0.29, 0.717) is 12.2 Å². The Morgan fingerprint density at radius 1 is 1.25 bits per heavy atom. The van der Waals surface area contributed by atoms with Gasteiger partial charge in [0.15, 0.2) is 0 Å². The molecular formula is C16H16BrNO2. The van der Waals surface area contributed by atoms with Crippen molar-refractivity contribution in [3.63, 3.8) is 0 Å². The van der Waals surface area contributed by atoms with Crippen molar-refractivity contribution in [2.75, 3.05) is 12.4 Å². The van der Waals surface area contributed by atoms with Gasteiger partial charge < -0.3 is 10.1 Å². The molecular weight excluding hydrogens is 318 g/mol. The predicted octanol–water partition coefficient (Wildman–Crippen LogP) is 4.16. The highest BCUT2D eigenvalue weighted by molar-refractivity contribution is 9.10. The van der Waals surface area contributed by atoms with Crippen LogP contribution in [0, 0.1) is 6.92 Å². The van der Waals surface area contributed by atoms with Crippen LogP contribution in [0.15, 0.2) is 46.9 Å². The number of anilines is 1. The molecule has 4 heteroatoms. The summed E-state index contributed by atoms with van der Waals surface area (Å²) in [5, 5.41) is 2.90. The molecule has 0 aliphatic carbocycles. The number of carbonyl (C=O) groups excluding carboxylic acids is 1. The number of nitrogens with one attached hydrogen (secondary N) is 1. The van der Waals surface area contributed by atoms with Crippen molar-refractivity contribution in [2.24, 2.45) is 0 Å². The lowest BCUT2D eigenvalue weighted by atomic mass is 10.1. The van der Waals surface area contributed by atoms with Crippen LogP contribution in [0.4, 0.5) is 5.69 Å². The summed E-state index contributed by atoms with van der Waals surface area (Å²) in [6.45, 7) is 2.50. The summed E-state index contributed by atoms with van der Waals surface area (Å²) >= 11 is 3.45. The monoisotopic (exact) mass is 333 g/mol. The highest BCUT2D eigenvalue weighted by Gasteiger charge is 2.09. The van der Waals surface area contributed by atoms with E-state index in [1.807, 2.05) is 43.3 Å². The standard InChI is InChI=1S/C16H16BrNO2/c1-11-6-7-15(14(17)8-11)18-16(19)13-5-3-4-12(9-13)10-20-2/h3-9H,10H2,1-2H3,(H,18,19). The minimum absolute atomic E-state index is 0.132. The van der Waals surface area contributed by atoms with Crippen LogP contribution in [0.25, 0.3) is 0 Å². The molecule has 2 aromatic carbocycles. The van der Waals surface area contributed by atoms with Crippen LogP contribution in [-0.4, -0.2) is 13.0 Å². The molecule has 2 aromatic rings. The fourth-order valence-corrected chi connectivity index (χ4v) is 2.48. The first-order chi connectivity index (χ1) is 9.60. The molecule has 0 aromatic heterocycles. The smallest absolute Gasteiger partial charge is 0.255 e. The van der Waals surface area contributed by atoms with Gasteiger partial charge in [-0.2, -0.15) is 0 Å². The number of methoxy groups -OCH3 is 1. The number of rotatable bonds is 4. The minimum atomic E-state index is -0.132. The molecule has 0 aliphatic rings. The third-order valence-corrected chi connectivity index (χ3v) is 3.53. The van der Waals surface area contributed by atoms with Gasteiger partial charge in [0.2, 0.25) is 0 Å². The van der Waals surface area contributed by atoms with Crippen molar-refractivity contribution in [1.29, 1.82) is 0 Å². The molecule has 2 rings (SSSR count). The Hall–Kier alpha value is -1.65. The van der Waals surface area contributed by atoms with Crippen LogP contribution < -0.4 is 5.32 Å². The summed E-state index contributed by atoms with van der Waals surface area (Å²) in [6, 6.07) is 13.2. The number of benzene rings is 2. The van der Waals surface area contributed by atoms with E-state index in [0.717, 1.165) is 21.3 Å². The van der Waals surface area contributed by atoms with Crippen LogP contribution in [0.1, 0.15) is 21.5 Å². The van der Waals surface area contributed by atoms with Gasteiger partial charge in [0.1, 0.15) is 0 Å². The van der Waals surface area contributed by atoms with Crippen molar-refractivity contribution < 1.29 is 9.53 Å². The summed E-state index contributed by atoms with van der Waals surface area (Å²) in [6.07, 6.45) is 0. The van der Waals surface area contributed by atoms with Gasteiger partial charge in [-0.25, -0.2) is 0 Å². The van der Waals surface area contributed by atoms with Gasteiger partial charge in [-0.1, -0.05) is 18.2 Å². The molecule has 0 atom stereocenters. The van der Waals surface area contributed by atoms with Gasteiger partial charge in [-0.15, -0.1) is 0 Å². The fourth-order valence-electron chi connectivity index (χ4n) is 1.89. The van der Waals surface area contributed by atoms with Crippen LogP contribution in [0.5, 0.6) is 0 Å². The zero-order chi connectivity index (χ0) is 14.5. The molecule has 0 heterocycles. The lowest BCUT2D eigenvalue weighted by Crippen LogP contribution is -2.12. The van der Waals surface area contributed by atoms with Crippen LogP contribution in [-0.2, 0) is 11.3 Å². The Labute approximate surface area is 127 Å². The topological polar surface area (TPSA) is 38.3 Å². The number of ether oxygens (including phenoxy) is 1. The van der Waals surface area contributed by atoms with Crippen molar-refractivity contribution in [3.05, 3.63) is 63.6 Å². The first-order valence-electron chi connectivity index (χ1n) is 6.25. The van der Waals surface area contributed by atoms with Crippen molar-refractivity contribution in [3.8, 4) is 0 Å². The molecule has 0 saturated heterocycles. The van der Waals surface area contributed by atoms with Crippen molar-refractivity contribution in [2.45, 2.75) is 13.5 Å². The van der Waals surface area contributed by atoms with Crippen LogP contribution >= 0.6 is 15.9 Å². The van der Waals surface area contributed by atoms with Gasteiger partial charge in [-0.05, 0) is 58.2 Å². The maximum atomic E-state index is 12.2. The number of aryl methyl sites for hydroxylation is 1. The third kappa shape index (κ3) is 3.68. The Balaban J connectivity index is 2.17. The lowest BCUT2D eigenvalue weighted by molar-refractivity contribution is 0.102. The van der Waals surface area contributed by atoms with E-state index in [9.17, 15) is 4.79 Å². The maximum absolute atomic E-state index is 12.2. The van der Waals surface area contributed by atoms with E-state index >= 15 is 0 Å². The molecule has 0 unspecified atom stereocenters. The molecule has 0 fully saturated rings. The Bertz CT molecular complexity index is 626. The minimum Gasteiger partial charge on any atom is -0.380 e. The number of halogens is 1. The summed E-state index contributed by atoms with van der Waals surface area (Å²) in [5.74, 6) is -0.132. The molecule has 0 spiro atoms. The molecule has 0 saturated carbocycles. The average molecular weight is 334 g/mol. The zero-order valence-corrected chi connectivity index (χ0v) is 13.0. The maximum Gasteiger partial charge on any atom is 0.255 e. The SMILES string of the molecule is COCc1cccc(C(=O)Nc2ccc(C)cc2Br)c1. The van der Waals surface area contributed by atoms with Gasteiger partial charge in [-0.3, -0.25) is 4.79 Å². The third-order valence-electron chi connectivity index (χ3n) is 2.87. The summed E-state index contributed by atoms with van der Waals surface area (Å²) in [7, 11) is 1.64. The first-order valence-corrected chi connectivity index (χ1v) is 7.05. The Morgan fingerprint density at radius 3 is 2.75 bits per heavy atom. The summed E-state index contributed by atoms with van der Waals surface area (Å²) < 4.78 is 5.95. The first kappa shape index (κ1) is 14.8. The van der Waals surface area contributed by atoms with E-state index in [1.54, 1.807) is 13.2 Å². The zero-order valence-electron chi connectivity index (χ0n) is 11.4. The average Bonchev–Trinajstić information content (AvgIpc) is 2.42. The number of amides is 1. The van der Waals surface area contributed by atoms with Gasteiger partial charge in [0.25, 0.3) is 5.91 Å².